The van der Waals surface area contributed by atoms with Gasteiger partial charge in [-0.05, 0) is 18.6 Å². The van der Waals surface area contributed by atoms with E-state index in [1.807, 2.05) is 19.1 Å². The summed E-state index contributed by atoms with van der Waals surface area (Å²) in [4.78, 5) is 26.3. The maximum Gasteiger partial charge on any atom is 0.334 e. The van der Waals surface area contributed by atoms with E-state index in [9.17, 15) is 9.59 Å². The Morgan fingerprint density at radius 1 is 1.50 bits per heavy atom. The van der Waals surface area contributed by atoms with Gasteiger partial charge < -0.3 is 15.2 Å². The fourth-order valence-electron chi connectivity index (χ4n) is 1.33. The largest absolute Gasteiger partial charge is 0.479 e. The average Bonchev–Trinajstić information content (AvgIpc) is 2.32. The summed E-state index contributed by atoms with van der Waals surface area (Å²) in [5.74, 6) is -1.36. The van der Waals surface area contributed by atoms with Gasteiger partial charge in [-0.2, -0.15) is 0 Å². The third kappa shape index (κ3) is 4.50. The quantitative estimate of drug-likeness (QED) is 0.752. The molecule has 6 heteroatoms. The van der Waals surface area contributed by atoms with Crippen molar-refractivity contribution in [2.45, 2.75) is 19.4 Å². The molecule has 0 saturated heterocycles. The van der Waals surface area contributed by atoms with Gasteiger partial charge in [-0.3, -0.25) is 9.78 Å². The molecule has 6 nitrogen and oxygen atoms in total. The van der Waals surface area contributed by atoms with Crippen molar-refractivity contribution in [1.29, 1.82) is 0 Å². The first kappa shape index (κ1) is 14.1. The molecule has 1 aromatic heterocycles. The number of ether oxygens (including phenoxy) is 1. The van der Waals surface area contributed by atoms with Gasteiger partial charge in [0.15, 0.2) is 6.10 Å². The molecule has 0 aliphatic heterocycles. The summed E-state index contributed by atoms with van der Waals surface area (Å²) >= 11 is 0. The van der Waals surface area contributed by atoms with Crippen molar-refractivity contribution >= 4 is 11.9 Å². The molecule has 0 fully saturated rings. The first-order valence-electron chi connectivity index (χ1n) is 5.46. The standard InChI is InChI=1S/C12H16N2O4/c1-8-3-4-9(6-13-8)5-11(15)14-7-10(18-2)12(16)17/h3-4,6,10H,5,7H2,1-2H3,(H,14,15)(H,16,17). The number of carboxylic acids is 1. The smallest absolute Gasteiger partial charge is 0.334 e. The Morgan fingerprint density at radius 2 is 2.22 bits per heavy atom. The lowest BCUT2D eigenvalue weighted by molar-refractivity contribution is -0.148. The molecular weight excluding hydrogens is 236 g/mol. The molecule has 1 aromatic rings. The van der Waals surface area contributed by atoms with E-state index in [2.05, 4.69) is 10.3 Å². The van der Waals surface area contributed by atoms with Gasteiger partial charge in [-0.25, -0.2) is 4.79 Å². The first-order valence-corrected chi connectivity index (χ1v) is 5.46. The molecule has 1 unspecified atom stereocenters. The van der Waals surface area contributed by atoms with Crippen LogP contribution < -0.4 is 5.32 Å². The Labute approximate surface area is 105 Å². The Balaban J connectivity index is 2.42. The van der Waals surface area contributed by atoms with Gasteiger partial charge in [-0.15, -0.1) is 0 Å². The number of aromatic nitrogens is 1. The molecule has 0 radical (unpaired) electrons. The molecule has 1 atom stereocenters. The number of pyridine rings is 1. The van der Waals surface area contributed by atoms with Crippen molar-refractivity contribution < 1.29 is 19.4 Å². The Bertz CT molecular complexity index is 417. The monoisotopic (exact) mass is 252 g/mol. The fourth-order valence-corrected chi connectivity index (χ4v) is 1.33. The fraction of sp³-hybridized carbons (Fsp3) is 0.417. The van der Waals surface area contributed by atoms with E-state index in [0.717, 1.165) is 11.3 Å². The molecule has 1 heterocycles. The summed E-state index contributed by atoms with van der Waals surface area (Å²) in [6, 6.07) is 3.63. The molecule has 0 aliphatic rings. The number of aliphatic carboxylic acids is 1. The van der Waals surface area contributed by atoms with Crippen LogP contribution in [0.4, 0.5) is 0 Å². The number of nitrogens with zero attached hydrogens (tertiary/aromatic N) is 1. The Hall–Kier alpha value is -1.95. The number of methoxy groups -OCH3 is 1. The van der Waals surface area contributed by atoms with Crippen LogP contribution >= 0.6 is 0 Å². The summed E-state index contributed by atoms with van der Waals surface area (Å²) in [5, 5.41) is 11.2. The molecule has 18 heavy (non-hydrogen) atoms. The van der Waals surface area contributed by atoms with Gasteiger partial charge >= 0.3 is 5.97 Å². The number of aryl methyl sites for hydroxylation is 1. The minimum absolute atomic E-state index is 0.0516. The van der Waals surface area contributed by atoms with E-state index in [0.29, 0.717) is 0 Å². The van der Waals surface area contributed by atoms with Crippen LogP contribution in [0.1, 0.15) is 11.3 Å². The summed E-state index contributed by atoms with van der Waals surface area (Å²) in [7, 11) is 1.29. The Morgan fingerprint density at radius 3 is 2.72 bits per heavy atom. The number of carboxylic acid groups (broad SMARTS) is 1. The lowest BCUT2D eigenvalue weighted by Gasteiger charge is -2.11. The molecule has 0 aromatic carbocycles. The van der Waals surface area contributed by atoms with Crippen LogP contribution in [-0.2, 0) is 20.7 Å². The lowest BCUT2D eigenvalue weighted by atomic mass is 10.2. The SMILES string of the molecule is COC(CNC(=O)Cc1ccc(C)nc1)C(=O)O. The van der Waals surface area contributed by atoms with Gasteiger partial charge in [0, 0.05) is 19.0 Å². The second-order valence-corrected chi connectivity index (χ2v) is 3.85. The maximum atomic E-state index is 11.6. The van der Waals surface area contributed by atoms with Crippen molar-refractivity contribution in [2.24, 2.45) is 0 Å². The highest BCUT2D eigenvalue weighted by atomic mass is 16.5. The van der Waals surface area contributed by atoms with E-state index in [1.165, 1.54) is 7.11 Å². The zero-order valence-corrected chi connectivity index (χ0v) is 10.3. The number of amides is 1. The third-order valence-corrected chi connectivity index (χ3v) is 2.38. The van der Waals surface area contributed by atoms with Crippen LogP contribution in [-0.4, -0.2) is 41.7 Å². The molecule has 1 rings (SSSR count). The minimum Gasteiger partial charge on any atom is -0.479 e. The van der Waals surface area contributed by atoms with Crippen LogP contribution in [0, 0.1) is 6.92 Å². The first-order chi connectivity index (χ1) is 8.52. The van der Waals surface area contributed by atoms with Gasteiger partial charge in [0.05, 0.1) is 13.0 Å². The lowest BCUT2D eigenvalue weighted by Crippen LogP contribution is -2.38. The second-order valence-electron chi connectivity index (χ2n) is 3.85. The van der Waals surface area contributed by atoms with Crippen LogP contribution in [0.5, 0.6) is 0 Å². The topological polar surface area (TPSA) is 88.5 Å². The van der Waals surface area contributed by atoms with Gasteiger partial charge in [-0.1, -0.05) is 6.07 Å². The second kappa shape index (κ2) is 6.70. The van der Waals surface area contributed by atoms with Crippen molar-refractivity contribution in [3.63, 3.8) is 0 Å². The summed E-state index contributed by atoms with van der Waals surface area (Å²) in [5.41, 5.74) is 1.66. The zero-order chi connectivity index (χ0) is 13.5. The molecule has 1 amide bonds. The van der Waals surface area contributed by atoms with Gasteiger partial charge in [0.25, 0.3) is 0 Å². The molecule has 0 saturated carbocycles. The predicted molar refractivity (Wildman–Crippen MR) is 64.1 cm³/mol. The maximum absolute atomic E-state index is 11.6. The zero-order valence-electron chi connectivity index (χ0n) is 10.3. The van der Waals surface area contributed by atoms with E-state index >= 15 is 0 Å². The number of hydrogen-bond donors (Lipinski definition) is 2. The highest BCUT2D eigenvalue weighted by Crippen LogP contribution is 2.00. The summed E-state index contributed by atoms with van der Waals surface area (Å²) in [6.45, 7) is 1.81. The molecule has 0 bridgehead atoms. The van der Waals surface area contributed by atoms with Crippen molar-refractivity contribution in [3.05, 3.63) is 29.6 Å². The molecule has 0 spiro atoms. The molecule has 2 N–H and O–H groups in total. The predicted octanol–water partition coefficient (Wildman–Crippen LogP) is 0.148. The van der Waals surface area contributed by atoms with Crippen LogP contribution in [0.25, 0.3) is 0 Å². The molecule has 98 valence electrons. The minimum atomic E-state index is -1.10. The van der Waals surface area contributed by atoms with Crippen LogP contribution in [0.2, 0.25) is 0 Å². The number of carbonyl (C=O) groups is 2. The van der Waals surface area contributed by atoms with E-state index < -0.39 is 12.1 Å². The number of rotatable bonds is 6. The summed E-state index contributed by atoms with van der Waals surface area (Å²) in [6.07, 6.45) is 0.772. The molecular formula is C12H16N2O4. The highest BCUT2D eigenvalue weighted by Gasteiger charge is 2.17. The van der Waals surface area contributed by atoms with Crippen molar-refractivity contribution in [3.8, 4) is 0 Å². The number of carbonyl (C=O) groups excluding carboxylic acids is 1. The van der Waals surface area contributed by atoms with Crippen molar-refractivity contribution in [2.75, 3.05) is 13.7 Å². The van der Waals surface area contributed by atoms with E-state index in [1.54, 1.807) is 6.20 Å². The van der Waals surface area contributed by atoms with E-state index in [4.69, 9.17) is 9.84 Å². The Kier molecular flexibility index (Phi) is 5.26. The van der Waals surface area contributed by atoms with Gasteiger partial charge in [0.2, 0.25) is 5.91 Å². The van der Waals surface area contributed by atoms with E-state index in [-0.39, 0.29) is 18.9 Å². The van der Waals surface area contributed by atoms with Crippen LogP contribution in [0.3, 0.4) is 0 Å². The third-order valence-electron chi connectivity index (χ3n) is 2.38. The number of nitrogens with one attached hydrogen (secondary N) is 1. The number of hydrogen-bond acceptors (Lipinski definition) is 4. The van der Waals surface area contributed by atoms with Gasteiger partial charge in [0.1, 0.15) is 0 Å². The highest BCUT2D eigenvalue weighted by molar-refractivity contribution is 5.79. The van der Waals surface area contributed by atoms with Crippen LogP contribution in [0.15, 0.2) is 18.3 Å². The average molecular weight is 252 g/mol. The normalized spacial score (nSPS) is 11.9. The molecule has 0 aliphatic carbocycles. The summed E-state index contributed by atoms with van der Waals surface area (Å²) < 4.78 is 4.70. The van der Waals surface area contributed by atoms with Crippen molar-refractivity contribution in [1.82, 2.24) is 10.3 Å².